The Labute approximate surface area is 93.4 Å². The van der Waals surface area contributed by atoms with Crippen LogP contribution in [0.1, 0.15) is 44.4 Å². The maximum atomic E-state index is 11.5. The van der Waals surface area contributed by atoms with Gasteiger partial charge >= 0.3 is 0 Å². The summed E-state index contributed by atoms with van der Waals surface area (Å²) in [7, 11) is 0. The van der Waals surface area contributed by atoms with Crippen LogP contribution >= 0.6 is 0 Å². The van der Waals surface area contributed by atoms with Crippen LogP contribution < -0.4 is 5.73 Å². The van der Waals surface area contributed by atoms with Gasteiger partial charge in [0.25, 0.3) is 0 Å². The molecule has 0 aromatic carbocycles. The SMILES string of the molecule is NC(=O)C12CCC(c3n[c]no3)(CC1)CC2. The molecule has 4 rings (SSSR count). The fourth-order valence-electron chi connectivity index (χ4n) is 3.24. The number of nitrogens with zero attached hydrogens (tertiary/aromatic N) is 2. The third-order valence-corrected chi connectivity index (χ3v) is 4.55. The first-order chi connectivity index (χ1) is 7.67. The van der Waals surface area contributed by atoms with Crippen LogP contribution in [0.15, 0.2) is 4.52 Å². The van der Waals surface area contributed by atoms with Crippen LogP contribution in [0.5, 0.6) is 0 Å². The predicted octanol–water partition coefficient (Wildman–Crippen LogP) is 0.947. The number of carbonyl (C=O) groups is 1. The van der Waals surface area contributed by atoms with Gasteiger partial charge < -0.3 is 10.3 Å². The lowest BCUT2D eigenvalue weighted by atomic mass is 9.53. The number of rotatable bonds is 2. The van der Waals surface area contributed by atoms with Gasteiger partial charge in [-0.15, -0.1) is 0 Å². The van der Waals surface area contributed by atoms with Crippen molar-refractivity contribution in [3.8, 4) is 0 Å². The Balaban J connectivity index is 1.89. The minimum atomic E-state index is -0.258. The van der Waals surface area contributed by atoms with E-state index in [0.29, 0.717) is 5.89 Å². The van der Waals surface area contributed by atoms with E-state index in [9.17, 15) is 4.79 Å². The molecule has 1 aromatic heterocycles. The molecule has 1 radical (unpaired) electrons. The smallest absolute Gasteiger partial charge is 0.243 e. The zero-order chi connectivity index (χ0) is 11.2. The normalized spacial score (nSPS) is 37.5. The Kier molecular flexibility index (Phi) is 1.87. The van der Waals surface area contributed by atoms with Gasteiger partial charge in [-0.1, -0.05) is 5.16 Å². The summed E-state index contributed by atoms with van der Waals surface area (Å²) in [6.45, 7) is 0. The molecule has 0 spiro atoms. The topological polar surface area (TPSA) is 82.0 Å². The first-order valence-corrected chi connectivity index (χ1v) is 5.67. The largest absolute Gasteiger partial charge is 0.369 e. The van der Waals surface area contributed by atoms with E-state index in [4.69, 9.17) is 10.3 Å². The zero-order valence-electron chi connectivity index (χ0n) is 9.03. The molecule has 1 aromatic rings. The van der Waals surface area contributed by atoms with Crippen molar-refractivity contribution in [2.45, 2.75) is 43.9 Å². The standard InChI is InChI=1S/C11H14N3O2/c12-8(15)10-1-4-11(5-2-10,6-3-10)9-13-7-14-16-9/h1-6H2,(H2,12,15). The molecule has 5 heteroatoms. The summed E-state index contributed by atoms with van der Waals surface area (Å²) in [5, 5.41) is 3.56. The van der Waals surface area contributed by atoms with Crippen LogP contribution in [0.4, 0.5) is 0 Å². The van der Waals surface area contributed by atoms with Gasteiger partial charge in [0.1, 0.15) is 0 Å². The lowest BCUT2D eigenvalue weighted by molar-refractivity contribution is -0.134. The lowest BCUT2D eigenvalue weighted by Gasteiger charge is -2.49. The highest BCUT2D eigenvalue weighted by Crippen LogP contribution is 2.57. The van der Waals surface area contributed by atoms with Crippen LogP contribution in [0.3, 0.4) is 0 Å². The lowest BCUT2D eigenvalue weighted by Crippen LogP contribution is -2.50. The van der Waals surface area contributed by atoms with Crippen molar-refractivity contribution in [3.63, 3.8) is 0 Å². The molecule has 3 saturated carbocycles. The Hall–Kier alpha value is -1.39. The van der Waals surface area contributed by atoms with Crippen molar-refractivity contribution in [3.05, 3.63) is 12.2 Å². The fourth-order valence-corrected chi connectivity index (χ4v) is 3.24. The van der Waals surface area contributed by atoms with Crippen molar-refractivity contribution in [1.82, 2.24) is 10.1 Å². The number of primary amides is 1. The fraction of sp³-hybridized carbons (Fsp3) is 0.727. The quantitative estimate of drug-likeness (QED) is 0.804. The van der Waals surface area contributed by atoms with Gasteiger partial charge in [0, 0.05) is 10.8 Å². The maximum Gasteiger partial charge on any atom is 0.243 e. The zero-order valence-corrected chi connectivity index (χ0v) is 9.03. The number of hydrogen-bond acceptors (Lipinski definition) is 4. The summed E-state index contributed by atoms with van der Waals surface area (Å²) < 4.78 is 5.15. The van der Waals surface area contributed by atoms with Crippen molar-refractivity contribution in [2.24, 2.45) is 11.1 Å². The number of fused-ring (bicyclic) bond motifs is 3. The molecular weight excluding hydrogens is 206 g/mol. The van der Waals surface area contributed by atoms with Crippen LogP contribution in [0.2, 0.25) is 0 Å². The van der Waals surface area contributed by atoms with Gasteiger partial charge in [-0.25, -0.2) is 0 Å². The molecule has 16 heavy (non-hydrogen) atoms. The average molecular weight is 220 g/mol. The van der Waals surface area contributed by atoms with Gasteiger partial charge in [-0.2, -0.15) is 4.98 Å². The summed E-state index contributed by atoms with van der Waals surface area (Å²) in [4.78, 5) is 15.5. The molecule has 2 N–H and O–H groups in total. The van der Waals surface area contributed by atoms with E-state index in [-0.39, 0.29) is 16.7 Å². The molecule has 3 aliphatic carbocycles. The third-order valence-electron chi connectivity index (χ3n) is 4.55. The second kappa shape index (κ2) is 3.06. The molecular formula is C11H14N3O2. The maximum absolute atomic E-state index is 11.5. The molecule has 0 unspecified atom stereocenters. The number of amides is 1. The van der Waals surface area contributed by atoms with Crippen LogP contribution in [0.25, 0.3) is 0 Å². The molecule has 85 valence electrons. The number of hydrogen-bond donors (Lipinski definition) is 1. The third kappa shape index (κ3) is 1.14. The van der Waals surface area contributed by atoms with Crippen molar-refractivity contribution in [1.29, 1.82) is 0 Å². The van der Waals surface area contributed by atoms with E-state index in [1.807, 2.05) is 0 Å². The highest BCUT2D eigenvalue weighted by molar-refractivity contribution is 5.81. The first kappa shape index (κ1) is 9.81. The summed E-state index contributed by atoms with van der Waals surface area (Å²) in [5.74, 6) is 0.545. The molecule has 2 bridgehead atoms. The molecule has 3 aliphatic rings. The second-order valence-electron chi connectivity index (χ2n) is 5.12. The van der Waals surface area contributed by atoms with Gasteiger partial charge in [-0.05, 0) is 38.5 Å². The van der Waals surface area contributed by atoms with Gasteiger partial charge in [0.2, 0.25) is 18.1 Å². The molecule has 3 fully saturated rings. The molecule has 0 aliphatic heterocycles. The van der Waals surface area contributed by atoms with Gasteiger partial charge in [-0.3, -0.25) is 4.79 Å². The highest BCUT2D eigenvalue weighted by atomic mass is 16.5. The number of carbonyl (C=O) groups excluding carboxylic acids is 1. The Bertz CT molecular complexity index is 388. The summed E-state index contributed by atoms with van der Waals surface area (Å²) in [6.07, 6.45) is 7.80. The number of nitrogens with two attached hydrogens (primary N) is 1. The van der Waals surface area contributed by atoms with E-state index in [1.165, 1.54) is 0 Å². The molecule has 0 atom stereocenters. The van der Waals surface area contributed by atoms with E-state index in [1.54, 1.807) is 0 Å². The van der Waals surface area contributed by atoms with Crippen molar-refractivity contribution >= 4 is 5.91 Å². The summed E-state index contributed by atoms with van der Waals surface area (Å²) in [5.41, 5.74) is 5.23. The van der Waals surface area contributed by atoms with E-state index in [0.717, 1.165) is 38.5 Å². The predicted molar refractivity (Wildman–Crippen MR) is 54.1 cm³/mol. The first-order valence-electron chi connectivity index (χ1n) is 5.67. The Morgan fingerprint density at radius 1 is 1.25 bits per heavy atom. The van der Waals surface area contributed by atoms with Crippen LogP contribution in [0, 0.1) is 11.7 Å². The van der Waals surface area contributed by atoms with Crippen LogP contribution in [-0.4, -0.2) is 16.0 Å². The molecule has 5 nitrogen and oxygen atoms in total. The summed E-state index contributed by atoms with van der Waals surface area (Å²) >= 11 is 0. The molecule has 0 saturated heterocycles. The summed E-state index contributed by atoms with van der Waals surface area (Å²) in [6, 6.07) is 0. The Morgan fingerprint density at radius 2 is 1.88 bits per heavy atom. The minimum absolute atomic E-state index is 0.00972. The van der Waals surface area contributed by atoms with Crippen LogP contribution in [-0.2, 0) is 10.2 Å². The van der Waals surface area contributed by atoms with E-state index in [2.05, 4.69) is 16.5 Å². The van der Waals surface area contributed by atoms with E-state index < -0.39 is 0 Å². The minimum Gasteiger partial charge on any atom is -0.369 e. The number of aromatic nitrogens is 2. The Morgan fingerprint density at radius 3 is 2.31 bits per heavy atom. The highest BCUT2D eigenvalue weighted by Gasteiger charge is 2.54. The average Bonchev–Trinajstić information content (AvgIpc) is 2.85. The molecule has 1 amide bonds. The van der Waals surface area contributed by atoms with Crippen molar-refractivity contribution < 1.29 is 9.32 Å². The molecule has 1 heterocycles. The van der Waals surface area contributed by atoms with Gasteiger partial charge in [0.05, 0.1) is 0 Å². The monoisotopic (exact) mass is 220 g/mol. The van der Waals surface area contributed by atoms with E-state index >= 15 is 0 Å². The second-order valence-corrected chi connectivity index (χ2v) is 5.12. The van der Waals surface area contributed by atoms with Crippen molar-refractivity contribution in [2.75, 3.05) is 0 Å². The van der Waals surface area contributed by atoms with Gasteiger partial charge in [0.15, 0.2) is 0 Å².